The monoisotopic (exact) mass is 620 g/mol. The van der Waals surface area contributed by atoms with Crippen molar-refractivity contribution in [2.45, 2.75) is 39.9 Å². The molecule has 0 saturated carbocycles. The zero-order chi connectivity index (χ0) is 33.4. The van der Waals surface area contributed by atoms with Crippen LogP contribution in [0.4, 0.5) is 0 Å². The Morgan fingerprint density at radius 2 is 1.30 bits per heavy atom. The number of carbonyl (C=O) groups is 3. The third-order valence-corrected chi connectivity index (χ3v) is 7.04. The van der Waals surface area contributed by atoms with E-state index in [1.807, 2.05) is 42.5 Å². The van der Waals surface area contributed by atoms with Crippen LogP contribution in [-0.4, -0.2) is 29.6 Å². The fraction of sp³-hybridized carbons (Fsp3) is 0.184. The molecule has 0 spiro atoms. The standard InChI is InChI=1S/C38H36O8/c1-7-25(6)37(41)46-34-20-26(8-17-33(34)45-36(40)24(4)5)18-19-43-38(42)31-12-11-29-21-28(9-10-30(29)22-31)27-13-15-32(16-14-27)44-35(39)23(2)3/h8-17,20-22,38,42H,2,4,6-7,18-19H2,1,3,5H3. The molecule has 4 aromatic rings. The Morgan fingerprint density at radius 3 is 1.98 bits per heavy atom. The van der Waals surface area contributed by atoms with E-state index in [0.717, 1.165) is 27.5 Å². The fourth-order valence-corrected chi connectivity index (χ4v) is 4.27. The molecule has 4 rings (SSSR count). The van der Waals surface area contributed by atoms with Gasteiger partial charge in [-0.25, -0.2) is 14.4 Å². The van der Waals surface area contributed by atoms with Crippen molar-refractivity contribution in [3.63, 3.8) is 0 Å². The largest absolute Gasteiger partial charge is 0.423 e. The predicted molar refractivity (Wildman–Crippen MR) is 176 cm³/mol. The summed E-state index contributed by atoms with van der Waals surface area (Å²) in [5, 5.41) is 12.7. The number of ether oxygens (including phenoxy) is 4. The number of hydrogen-bond acceptors (Lipinski definition) is 8. The van der Waals surface area contributed by atoms with Crippen molar-refractivity contribution < 1.29 is 38.4 Å². The first-order valence-electron chi connectivity index (χ1n) is 14.7. The van der Waals surface area contributed by atoms with Crippen LogP contribution in [0.25, 0.3) is 21.9 Å². The lowest BCUT2D eigenvalue weighted by Gasteiger charge is -2.15. The lowest BCUT2D eigenvalue weighted by atomic mass is 10.00. The SMILES string of the molecule is C=C(C)C(=O)Oc1ccc(-c2ccc3cc(C(O)OCCc4ccc(OC(=O)C(=C)C)c(OC(=O)C(=C)CC)c4)ccc3c2)cc1. The zero-order valence-electron chi connectivity index (χ0n) is 26.1. The van der Waals surface area contributed by atoms with Crippen molar-refractivity contribution in [3.05, 3.63) is 126 Å². The van der Waals surface area contributed by atoms with Gasteiger partial charge < -0.3 is 24.1 Å². The van der Waals surface area contributed by atoms with Gasteiger partial charge in [0.15, 0.2) is 17.8 Å². The summed E-state index contributed by atoms with van der Waals surface area (Å²) in [6, 6.07) is 23.7. The van der Waals surface area contributed by atoms with Crippen LogP contribution in [0.2, 0.25) is 0 Å². The van der Waals surface area contributed by atoms with Gasteiger partial charge in [0.1, 0.15) is 5.75 Å². The first-order valence-corrected chi connectivity index (χ1v) is 14.7. The molecule has 0 heterocycles. The van der Waals surface area contributed by atoms with Crippen LogP contribution >= 0.6 is 0 Å². The summed E-state index contributed by atoms with van der Waals surface area (Å²) in [6.45, 7) is 15.9. The highest BCUT2D eigenvalue weighted by Crippen LogP contribution is 2.31. The molecule has 1 unspecified atom stereocenters. The van der Waals surface area contributed by atoms with Crippen molar-refractivity contribution in [1.82, 2.24) is 0 Å². The Bertz CT molecular complexity index is 1820. The number of aliphatic hydroxyl groups excluding tert-OH is 1. The zero-order valence-corrected chi connectivity index (χ0v) is 26.1. The molecule has 236 valence electrons. The summed E-state index contributed by atoms with van der Waals surface area (Å²) in [7, 11) is 0. The summed E-state index contributed by atoms with van der Waals surface area (Å²) in [6.07, 6.45) is -0.377. The second-order valence-electron chi connectivity index (χ2n) is 10.8. The van der Waals surface area contributed by atoms with Gasteiger partial charge in [0.25, 0.3) is 0 Å². The highest BCUT2D eigenvalue weighted by atomic mass is 16.6. The van der Waals surface area contributed by atoms with Crippen LogP contribution in [-0.2, 0) is 25.5 Å². The Morgan fingerprint density at radius 1 is 0.696 bits per heavy atom. The molecule has 1 atom stereocenters. The van der Waals surface area contributed by atoms with E-state index in [4.69, 9.17) is 18.9 Å². The first kappa shape index (κ1) is 33.6. The average molecular weight is 621 g/mol. The molecule has 0 amide bonds. The van der Waals surface area contributed by atoms with Crippen LogP contribution in [0.3, 0.4) is 0 Å². The molecule has 4 aromatic carbocycles. The molecule has 0 fully saturated rings. The lowest BCUT2D eigenvalue weighted by molar-refractivity contribution is -0.132. The fourth-order valence-electron chi connectivity index (χ4n) is 4.27. The molecule has 1 N–H and O–H groups in total. The van der Waals surface area contributed by atoms with Crippen molar-refractivity contribution >= 4 is 28.7 Å². The maximum absolute atomic E-state index is 12.4. The number of rotatable bonds is 13. The van der Waals surface area contributed by atoms with Crippen LogP contribution in [0, 0.1) is 0 Å². The Hall–Kier alpha value is -5.31. The smallest absolute Gasteiger partial charge is 0.338 e. The third-order valence-electron chi connectivity index (χ3n) is 7.04. The molecule has 0 radical (unpaired) electrons. The van der Waals surface area contributed by atoms with Gasteiger partial charge >= 0.3 is 17.9 Å². The minimum atomic E-state index is -1.17. The molecule has 0 aliphatic carbocycles. The minimum Gasteiger partial charge on any atom is -0.423 e. The summed E-state index contributed by atoms with van der Waals surface area (Å²) in [4.78, 5) is 36.2. The van der Waals surface area contributed by atoms with Crippen LogP contribution < -0.4 is 14.2 Å². The molecular weight excluding hydrogens is 584 g/mol. The minimum absolute atomic E-state index is 0.0725. The van der Waals surface area contributed by atoms with E-state index in [9.17, 15) is 19.5 Å². The van der Waals surface area contributed by atoms with Crippen molar-refractivity contribution in [2.75, 3.05) is 6.61 Å². The summed E-state index contributed by atoms with van der Waals surface area (Å²) in [5.74, 6) is -1.14. The Labute approximate surface area is 268 Å². The highest BCUT2D eigenvalue weighted by molar-refractivity contribution is 5.92. The van der Waals surface area contributed by atoms with E-state index >= 15 is 0 Å². The van der Waals surface area contributed by atoms with Crippen LogP contribution in [0.5, 0.6) is 17.2 Å². The number of fused-ring (bicyclic) bond motifs is 1. The lowest BCUT2D eigenvalue weighted by Crippen LogP contribution is -2.14. The maximum Gasteiger partial charge on any atom is 0.338 e. The normalized spacial score (nSPS) is 11.4. The second-order valence-corrected chi connectivity index (χ2v) is 10.8. The van der Waals surface area contributed by atoms with Gasteiger partial charge in [0.05, 0.1) is 6.61 Å². The van der Waals surface area contributed by atoms with Crippen LogP contribution in [0.1, 0.15) is 44.6 Å². The van der Waals surface area contributed by atoms with Gasteiger partial charge in [-0.3, -0.25) is 0 Å². The summed E-state index contributed by atoms with van der Waals surface area (Å²) in [5.41, 5.74) is 4.08. The van der Waals surface area contributed by atoms with Crippen molar-refractivity contribution in [3.8, 4) is 28.4 Å². The second kappa shape index (κ2) is 15.1. The molecule has 0 aliphatic rings. The number of aliphatic hydroxyl groups is 1. The number of carbonyl (C=O) groups excluding carboxylic acids is 3. The third kappa shape index (κ3) is 8.65. The Kier molecular flexibility index (Phi) is 11.0. The predicted octanol–water partition coefficient (Wildman–Crippen LogP) is 7.59. The van der Waals surface area contributed by atoms with Gasteiger partial charge in [-0.05, 0) is 90.6 Å². The van der Waals surface area contributed by atoms with E-state index in [0.29, 0.717) is 29.7 Å². The number of hydrogen-bond donors (Lipinski definition) is 1. The van der Waals surface area contributed by atoms with Gasteiger partial charge in [-0.1, -0.05) is 69.1 Å². The van der Waals surface area contributed by atoms with Gasteiger partial charge in [-0.2, -0.15) is 0 Å². The molecule has 8 nitrogen and oxygen atoms in total. The quantitative estimate of drug-likeness (QED) is 0.0705. The average Bonchev–Trinajstić information content (AvgIpc) is 3.05. The van der Waals surface area contributed by atoms with E-state index in [-0.39, 0.29) is 29.3 Å². The van der Waals surface area contributed by atoms with Crippen molar-refractivity contribution in [1.29, 1.82) is 0 Å². The van der Waals surface area contributed by atoms with Crippen molar-refractivity contribution in [2.24, 2.45) is 0 Å². The van der Waals surface area contributed by atoms with Gasteiger partial charge in [-0.15, -0.1) is 0 Å². The van der Waals surface area contributed by atoms with Crippen LogP contribution in [0.15, 0.2) is 115 Å². The maximum atomic E-state index is 12.4. The van der Waals surface area contributed by atoms with E-state index < -0.39 is 24.2 Å². The molecule has 0 aromatic heterocycles. The Balaban J connectivity index is 1.40. The summed E-state index contributed by atoms with van der Waals surface area (Å²) < 4.78 is 21.8. The highest BCUT2D eigenvalue weighted by Gasteiger charge is 2.17. The molecule has 46 heavy (non-hydrogen) atoms. The molecule has 0 bridgehead atoms. The molecule has 0 aliphatic heterocycles. The van der Waals surface area contributed by atoms with Gasteiger partial charge in [0.2, 0.25) is 0 Å². The van der Waals surface area contributed by atoms with E-state index in [2.05, 4.69) is 19.7 Å². The number of esters is 3. The van der Waals surface area contributed by atoms with Gasteiger partial charge in [0, 0.05) is 22.3 Å². The molecular formula is C38H36O8. The van der Waals surface area contributed by atoms with E-state index in [1.165, 1.54) is 13.0 Å². The van der Waals surface area contributed by atoms with E-state index in [1.54, 1.807) is 44.2 Å². The molecule has 8 heteroatoms. The number of benzene rings is 4. The summed E-state index contributed by atoms with van der Waals surface area (Å²) >= 11 is 0. The topological polar surface area (TPSA) is 108 Å². The first-order chi connectivity index (χ1) is 21.9. The molecule has 0 saturated heterocycles.